The third-order valence-electron chi connectivity index (χ3n) is 9.00. The first kappa shape index (κ1) is 31.3. The van der Waals surface area contributed by atoms with Gasteiger partial charge in [0.2, 0.25) is 5.91 Å². The number of anilines is 1. The van der Waals surface area contributed by atoms with Crippen LogP contribution in [0.25, 0.3) is 32.9 Å². The minimum Gasteiger partial charge on any atom is -0.462 e. The van der Waals surface area contributed by atoms with Gasteiger partial charge in [0.25, 0.3) is 0 Å². The second-order valence-corrected chi connectivity index (χ2v) is 11.9. The summed E-state index contributed by atoms with van der Waals surface area (Å²) in [6, 6.07) is 13.9. The number of amides is 1. The van der Waals surface area contributed by atoms with Crippen molar-refractivity contribution >= 4 is 33.4 Å². The second kappa shape index (κ2) is 13.8. The van der Waals surface area contributed by atoms with Crippen molar-refractivity contribution in [2.45, 2.75) is 38.3 Å². The molecule has 0 aliphatic carbocycles. The van der Waals surface area contributed by atoms with E-state index in [1.807, 2.05) is 48.2 Å². The van der Waals surface area contributed by atoms with Crippen molar-refractivity contribution in [3.63, 3.8) is 0 Å². The number of methoxy groups -OCH3 is 1. The first-order valence-electron chi connectivity index (χ1n) is 15.7. The van der Waals surface area contributed by atoms with Gasteiger partial charge in [0.1, 0.15) is 23.6 Å². The topological polar surface area (TPSA) is 108 Å². The Morgan fingerprint density at radius 1 is 1.15 bits per heavy atom. The minimum atomic E-state index is -0.551. The maximum absolute atomic E-state index is 16.7. The highest BCUT2D eigenvalue weighted by Gasteiger charge is 2.32. The number of carbonyl (C=O) groups is 1. The molecule has 6 rings (SSSR count). The molecule has 2 aliphatic rings. The number of nitriles is 1. The van der Waals surface area contributed by atoms with Crippen molar-refractivity contribution in [1.82, 2.24) is 24.8 Å². The molecule has 238 valence electrons. The van der Waals surface area contributed by atoms with Gasteiger partial charge >= 0.3 is 6.01 Å². The fourth-order valence-corrected chi connectivity index (χ4v) is 6.56. The molecule has 2 aliphatic heterocycles. The number of aromatic nitrogens is 3. The monoisotopic (exact) mass is 623 g/mol. The van der Waals surface area contributed by atoms with Crippen molar-refractivity contribution in [3.8, 4) is 23.3 Å². The summed E-state index contributed by atoms with van der Waals surface area (Å²) in [5, 5.41) is 12.0. The van der Waals surface area contributed by atoms with Crippen molar-refractivity contribution in [2.24, 2.45) is 0 Å². The largest absolute Gasteiger partial charge is 0.462 e. The molecule has 0 radical (unpaired) electrons. The summed E-state index contributed by atoms with van der Waals surface area (Å²) >= 11 is 0. The fraction of sp³-hybridized carbons (Fsp3) is 0.400. The molecule has 2 atom stereocenters. The molecule has 4 heterocycles. The lowest BCUT2D eigenvalue weighted by molar-refractivity contribution is -0.128. The standard InChI is InChI=1S/C35H38FN7O3/c1-23-8-4-9-24-10-5-12-27(30(23)24)32-31(36)33-28(20-38-32)34(40-35(39-33)46-22-26-11-6-16-41(26)2)42-17-18-43(25(21-42)14-15-37)29(44)13-7-19-45-3/h4-5,7-10,12-13,20,25-26H,6,11,14,16-19,21-22H2,1-3H3/b13-7+/t25-,26?/m0/s1. The van der Waals surface area contributed by atoms with E-state index in [2.05, 4.69) is 28.0 Å². The summed E-state index contributed by atoms with van der Waals surface area (Å²) in [5.74, 6) is -0.265. The molecule has 0 saturated carbocycles. The van der Waals surface area contributed by atoms with Gasteiger partial charge in [-0.25, -0.2) is 4.39 Å². The van der Waals surface area contributed by atoms with Crippen LogP contribution in [0.15, 0.2) is 54.7 Å². The molecule has 2 fully saturated rings. The lowest BCUT2D eigenvalue weighted by Crippen LogP contribution is -2.55. The third-order valence-corrected chi connectivity index (χ3v) is 9.00. The Morgan fingerprint density at radius 2 is 1.98 bits per heavy atom. The molecule has 2 aromatic heterocycles. The van der Waals surface area contributed by atoms with Crippen molar-refractivity contribution < 1.29 is 18.7 Å². The molecule has 0 spiro atoms. The molecule has 0 bridgehead atoms. The summed E-state index contributed by atoms with van der Waals surface area (Å²) in [6.45, 7) is 4.83. The van der Waals surface area contributed by atoms with Crippen molar-refractivity contribution in [2.75, 3.05) is 58.5 Å². The van der Waals surface area contributed by atoms with Crippen LogP contribution in [-0.4, -0.2) is 96.3 Å². The number of hydrogen-bond acceptors (Lipinski definition) is 9. The Balaban J connectivity index is 1.41. The van der Waals surface area contributed by atoms with E-state index in [1.165, 1.54) is 6.08 Å². The highest BCUT2D eigenvalue weighted by atomic mass is 19.1. The van der Waals surface area contributed by atoms with Crippen LogP contribution >= 0.6 is 0 Å². The van der Waals surface area contributed by atoms with Crippen LogP contribution in [0.4, 0.5) is 10.2 Å². The Bertz CT molecular complexity index is 1820. The smallest absolute Gasteiger partial charge is 0.319 e. The molecule has 10 nitrogen and oxygen atoms in total. The number of halogens is 1. The van der Waals surface area contributed by atoms with Crippen LogP contribution in [-0.2, 0) is 9.53 Å². The Morgan fingerprint density at radius 3 is 2.74 bits per heavy atom. The van der Waals surface area contributed by atoms with E-state index in [0.29, 0.717) is 49.6 Å². The van der Waals surface area contributed by atoms with Crippen LogP contribution < -0.4 is 9.64 Å². The van der Waals surface area contributed by atoms with E-state index in [9.17, 15) is 10.1 Å². The number of likely N-dealkylation sites (N-methyl/N-ethyl adjacent to an activating group) is 1. The quantitative estimate of drug-likeness (QED) is 0.241. The number of piperazine rings is 1. The molecular weight excluding hydrogens is 585 g/mol. The molecule has 2 aromatic carbocycles. The first-order chi connectivity index (χ1) is 22.4. The van der Waals surface area contributed by atoms with E-state index in [-0.39, 0.29) is 35.6 Å². The number of carbonyl (C=O) groups excluding carboxylic acids is 1. The number of hydrogen-bond donors (Lipinski definition) is 0. The average molecular weight is 624 g/mol. The van der Waals surface area contributed by atoms with Crippen molar-refractivity contribution in [1.29, 1.82) is 5.26 Å². The lowest BCUT2D eigenvalue weighted by Gasteiger charge is -2.41. The van der Waals surface area contributed by atoms with Gasteiger partial charge < -0.3 is 24.2 Å². The molecule has 2 saturated heterocycles. The van der Waals surface area contributed by atoms with Gasteiger partial charge in [-0.2, -0.15) is 15.2 Å². The zero-order chi connectivity index (χ0) is 32.2. The first-order valence-corrected chi connectivity index (χ1v) is 15.7. The molecule has 11 heteroatoms. The molecular formula is C35H38FN7O3. The number of fused-ring (bicyclic) bond motifs is 2. The van der Waals surface area contributed by atoms with Gasteiger partial charge in [0.15, 0.2) is 5.82 Å². The van der Waals surface area contributed by atoms with Crippen LogP contribution in [0.5, 0.6) is 6.01 Å². The molecule has 46 heavy (non-hydrogen) atoms. The predicted octanol–water partition coefficient (Wildman–Crippen LogP) is 4.90. The number of nitrogens with zero attached hydrogens (tertiary/aromatic N) is 7. The van der Waals surface area contributed by atoms with Gasteiger partial charge in [-0.1, -0.05) is 42.5 Å². The number of rotatable bonds is 9. The molecule has 4 aromatic rings. The summed E-state index contributed by atoms with van der Waals surface area (Å²) in [5.41, 5.74) is 2.04. The number of ether oxygens (including phenoxy) is 2. The molecule has 0 N–H and O–H groups in total. The van der Waals surface area contributed by atoms with Gasteiger partial charge in [0, 0.05) is 50.6 Å². The van der Waals surface area contributed by atoms with Crippen LogP contribution in [0.1, 0.15) is 24.8 Å². The highest BCUT2D eigenvalue weighted by molar-refractivity contribution is 6.00. The SMILES string of the molecule is COC/C=C/C(=O)N1CCN(c2nc(OCC3CCCN3C)nc3c(F)c(-c4cccc5cccc(C)c45)ncc23)C[C@@H]1CC#N. The zero-order valence-electron chi connectivity index (χ0n) is 26.4. The maximum atomic E-state index is 16.7. The van der Waals surface area contributed by atoms with Gasteiger partial charge in [-0.05, 0) is 49.7 Å². The fourth-order valence-electron chi connectivity index (χ4n) is 6.56. The predicted molar refractivity (Wildman–Crippen MR) is 175 cm³/mol. The highest BCUT2D eigenvalue weighted by Crippen LogP contribution is 2.36. The van der Waals surface area contributed by atoms with Crippen LogP contribution in [0, 0.1) is 24.1 Å². The number of likely N-dealkylation sites (tertiary alicyclic amines) is 1. The molecule has 1 amide bonds. The Kier molecular flexibility index (Phi) is 9.38. The Labute approximate surface area is 268 Å². The van der Waals surface area contributed by atoms with E-state index in [4.69, 9.17) is 14.5 Å². The van der Waals surface area contributed by atoms with E-state index < -0.39 is 11.9 Å². The molecule has 1 unspecified atom stereocenters. The van der Waals surface area contributed by atoms with Crippen LogP contribution in [0.2, 0.25) is 0 Å². The number of pyridine rings is 1. The zero-order valence-corrected chi connectivity index (χ0v) is 26.4. The van der Waals surface area contributed by atoms with Crippen LogP contribution in [0.3, 0.4) is 0 Å². The van der Waals surface area contributed by atoms with Gasteiger partial charge in [0.05, 0.1) is 30.5 Å². The van der Waals surface area contributed by atoms with Gasteiger partial charge in [-0.3, -0.25) is 9.78 Å². The average Bonchev–Trinajstić information content (AvgIpc) is 3.48. The Hall–Kier alpha value is -4.66. The van der Waals surface area contributed by atoms with E-state index in [1.54, 1.807) is 24.3 Å². The van der Waals surface area contributed by atoms with Crippen molar-refractivity contribution in [3.05, 3.63) is 66.1 Å². The number of benzene rings is 2. The normalized spacial score (nSPS) is 18.9. The second-order valence-electron chi connectivity index (χ2n) is 11.9. The minimum absolute atomic E-state index is 0.0887. The summed E-state index contributed by atoms with van der Waals surface area (Å²) < 4.78 is 27.9. The maximum Gasteiger partial charge on any atom is 0.319 e. The van der Waals surface area contributed by atoms with E-state index >= 15 is 4.39 Å². The lowest BCUT2D eigenvalue weighted by atomic mass is 9.97. The number of aryl methyl sites for hydroxylation is 1. The third kappa shape index (κ3) is 6.23. The van der Waals surface area contributed by atoms with Gasteiger partial charge in [-0.15, -0.1) is 0 Å². The summed E-state index contributed by atoms with van der Waals surface area (Å²) in [4.78, 5) is 33.0. The summed E-state index contributed by atoms with van der Waals surface area (Å²) in [7, 11) is 3.63. The summed E-state index contributed by atoms with van der Waals surface area (Å²) in [6.07, 6.45) is 6.99. The van der Waals surface area contributed by atoms with E-state index in [0.717, 1.165) is 35.7 Å².